The second-order valence-corrected chi connectivity index (χ2v) is 3.87. The monoisotopic (exact) mass is 271 g/mol. The molecule has 0 saturated carbocycles. The summed E-state index contributed by atoms with van der Waals surface area (Å²) in [5.74, 6) is 0.498. The molecule has 0 unspecified atom stereocenters. The zero-order chi connectivity index (χ0) is 9.97. The molecule has 0 saturated heterocycles. The standard InChI is InChI=1S/C9H7BrClN3/c10-9-3-8(2-1-7(9)4-11)14-6-12-5-13-14/h1-3,5-6H,4H2. The zero-order valence-electron chi connectivity index (χ0n) is 7.19. The summed E-state index contributed by atoms with van der Waals surface area (Å²) < 4.78 is 2.68. The SMILES string of the molecule is ClCc1ccc(-n2cncn2)cc1Br. The quantitative estimate of drug-likeness (QED) is 0.787. The van der Waals surface area contributed by atoms with Crippen molar-refractivity contribution in [1.82, 2.24) is 14.8 Å². The lowest BCUT2D eigenvalue weighted by atomic mass is 10.2. The number of halogens is 2. The molecule has 0 aliphatic rings. The second-order valence-electron chi connectivity index (χ2n) is 2.75. The molecule has 1 heterocycles. The predicted molar refractivity (Wildman–Crippen MR) is 58.6 cm³/mol. The molecule has 1 aromatic carbocycles. The van der Waals surface area contributed by atoms with Crippen LogP contribution in [-0.4, -0.2) is 14.8 Å². The number of alkyl halides is 1. The summed E-state index contributed by atoms with van der Waals surface area (Å²) in [7, 11) is 0. The minimum Gasteiger partial charge on any atom is -0.223 e. The first kappa shape index (κ1) is 9.68. The van der Waals surface area contributed by atoms with Gasteiger partial charge in [0.1, 0.15) is 12.7 Å². The van der Waals surface area contributed by atoms with Crippen LogP contribution in [-0.2, 0) is 5.88 Å². The second kappa shape index (κ2) is 4.11. The van der Waals surface area contributed by atoms with Crippen molar-refractivity contribution in [3.63, 3.8) is 0 Å². The summed E-state index contributed by atoms with van der Waals surface area (Å²) in [6, 6.07) is 5.89. The fourth-order valence-electron chi connectivity index (χ4n) is 1.13. The molecule has 0 spiro atoms. The number of aromatic nitrogens is 3. The third-order valence-corrected chi connectivity index (χ3v) is 2.89. The molecule has 0 radical (unpaired) electrons. The van der Waals surface area contributed by atoms with Crippen molar-refractivity contribution >= 4 is 27.5 Å². The molecule has 0 aliphatic heterocycles. The molecular formula is C9H7BrClN3. The van der Waals surface area contributed by atoms with Gasteiger partial charge in [0, 0.05) is 10.4 Å². The molecule has 1 aromatic heterocycles. The minimum atomic E-state index is 0.498. The van der Waals surface area contributed by atoms with Crippen molar-refractivity contribution in [3.8, 4) is 5.69 Å². The van der Waals surface area contributed by atoms with Crippen LogP contribution in [0.15, 0.2) is 35.3 Å². The van der Waals surface area contributed by atoms with E-state index in [1.807, 2.05) is 18.2 Å². The van der Waals surface area contributed by atoms with E-state index in [-0.39, 0.29) is 0 Å². The van der Waals surface area contributed by atoms with Crippen LogP contribution in [0.4, 0.5) is 0 Å². The van der Waals surface area contributed by atoms with Gasteiger partial charge in [0.2, 0.25) is 0 Å². The fraction of sp³-hybridized carbons (Fsp3) is 0.111. The van der Waals surface area contributed by atoms with Crippen LogP contribution in [0.1, 0.15) is 5.56 Å². The largest absolute Gasteiger partial charge is 0.223 e. The fourth-order valence-corrected chi connectivity index (χ4v) is 2.03. The Labute approximate surface area is 94.9 Å². The molecule has 14 heavy (non-hydrogen) atoms. The smallest absolute Gasteiger partial charge is 0.138 e. The van der Waals surface area contributed by atoms with Gasteiger partial charge < -0.3 is 0 Å². The number of nitrogens with zero attached hydrogens (tertiary/aromatic N) is 3. The third-order valence-electron chi connectivity index (χ3n) is 1.86. The Kier molecular flexibility index (Phi) is 2.84. The Balaban J connectivity index is 2.43. The van der Waals surface area contributed by atoms with Gasteiger partial charge in [0.15, 0.2) is 0 Å². The van der Waals surface area contributed by atoms with E-state index in [9.17, 15) is 0 Å². The van der Waals surface area contributed by atoms with Gasteiger partial charge >= 0.3 is 0 Å². The van der Waals surface area contributed by atoms with Gasteiger partial charge in [-0.25, -0.2) is 9.67 Å². The van der Waals surface area contributed by atoms with Crippen LogP contribution in [0, 0.1) is 0 Å². The van der Waals surface area contributed by atoms with E-state index in [0.29, 0.717) is 5.88 Å². The van der Waals surface area contributed by atoms with Gasteiger partial charge in [-0.15, -0.1) is 11.6 Å². The Morgan fingerprint density at radius 2 is 2.29 bits per heavy atom. The van der Waals surface area contributed by atoms with Crippen LogP contribution in [0.5, 0.6) is 0 Å². The number of hydrogen-bond acceptors (Lipinski definition) is 2. The molecule has 0 bridgehead atoms. The van der Waals surface area contributed by atoms with E-state index in [1.54, 1.807) is 11.0 Å². The number of hydrogen-bond donors (Lipinski definition) is 0. The maximum absolute atomic E-state index is 5.74. The molecule has 0 amide bonds. The van der Waals surface area contributed by atoms with Gasteiger partial charge in [-0.3, -0.25) is 0 Å². The highest BCUT2D eigenvalue weighted by Crippen LogP contribution is 2.21. The molecule has 0 atom stereocenters. The van der Waals surface area contributed by atoms with E-state index >= 15 is 0 Å². The molecule has 0 aliphatic carbocycles. The highest BCUT2D eigenvalue weighted by atomic mass is 79.9. The van der Waals surface area contributed by atoms with E-state index < -0.39 is 0 Å². The van der Waals surface area contributed by atoms with Crippen LogP contribution in [0.25, 0.3) is 5.69 Å². The van der Waals surface area contributed by atoms with Gasteiger partial charge in [0.05, 0.1) is 5.69 Å². The third kappa shape index (κ3) is 1.81. The van der Waals surface area contributed by atoms with Crippen LogP contribution in [0.3, 0.4) is 0 Å². The first-order valence-electron chi connectivity index (χ1n) is 4.00. The molecule has 3 nitrogen and oxygen atoms in total. The van der Waals surface area contributed by atoms with E-state index in [4.69, 9.17) is 11.6 Å². The van der Waals surface area contributed by atoms with Gasteiger partial charge in [0.25, 0.3) is 0 Å². The summed E-state index contributed by atoms with van der Waals surface area (Å²) >= 11 is 9.19. The molecule has 0 fully saturated rings. The normalized spacial score (nSPS) is 10.4. The summed E-state index contributed by atoms with van der Waals surface area (Å²) in [6.07, 6.45) is 3.16. The Hall–Kier alpha value is -0.870. The minimum absolute atomic E-state index is 0.498. The Morgan fingerprint density at radius 3 is 2.86 bits per heavy atom. The van der Waals surface area contributed by atoms with E-state index in [2.05, 4.69) is 26.0 Å². The van der Waals surface area contributed by atoms with E-state index in [0.717, 1.165) is 15.7 Å². The molecule has 2 rings (SSSR count). The zero-order valence-corrected chi connectivity index (χ0v) is 9.53. The summed E-state index contributed by atoms with van der Waals surface area (Å²) in [6.45, 7) is 0. The van der Waals surface area contributed by atoms with Crippen LogP contribution < -0.4 is 0 Å². The molecule has 2 aromatic rings. The highest BCUT2D eigenvalue weighted by molar-refractivity contribution is 9.10. The molecule has 5 heteroatoms. The Morgan fingerprint density at radius 1 is 1.43 bits per heavy atom. The van der Waals surface area contributed by atoms with Crippen molar-refractivity contribution in [2.75, 3.05) is 0 Å². The van der Waals surface area contributed by atoms with Crippen molar-refractivity contribution in [1.29, 1.82) is 0 Å². The van der Waals surface area contributed by atoms with Crippen molar-refractivity contribution in [2.45, 2.75) is 5.88 Å². The van der Waals surface area contributed by atoms with Gasteiger partial charge in [-0.2, -0.15) is 5.10 Å². The summed E-state index contributed by atoms with van der Waals surface area (Å²) in [4.78, 5) is 3.88. The molecule has 72 valence electrons. The average molecular weight is 273 g/mol. The maximum atomic E-state index is 5.74. The maximum Gasteiger partial charge on any atom is 0.138 e. The average Bonchev–Trinajstić information content (AvgIpc) is 2.70. The van der Waals surface area contributed by atoms with Gasteiger partial charge in [-0.1, -0.05) is 22.0 Å². The predicted octanol–water partition coefficient (Wildman–Crippen LogP) is 2.77. The first-order valence-corrected chi connectivity index (χ1v) is 5.33. The van der Waals surface area contributed by atoms with Crippen molar-refractivity contribution in [3.05, 3.63) is 40.9 Å². The number of benzene rings is 1. The number of rotatable bonds is 2. The van der Waals surface area contributed by atoms with Crippen LogP contribution >= 0.6 is 27.5 Å². The van der Waals surface area contributed by atoms with Crippen molar-refractivity contribution in [2.24, 2.45) is 0 Å². The lowest BCUT2D eigenvalue weighted by Gasteiger charge is -2.04. The highest BCUT2D eigenvalue weighted by Gasteiger charge is 2.01. The van der Waals surface area contributed by atoms with Gasteiger partial charge in [-0.05, 0) is 17.7 Å². The Bertz CT molecular complexity index is 428. The molecule has 0 N–H and O–H groups in total. The van der Waals surface area contributed by atoms with E-state index in [1.165, 1.54) is 6.33 Å². The van der Waals surface area contributed by atoms with Crippen LogP contribution in [0.2, 0.25) is 0 Å². The lowest BCUT2D eigenvalue weighted by Crippen LogP contribution is -1.94. The van der Waals surface area contributed by atoms with Crippen molar-refractivity contribution < 1.29 is 0 Å². The molecular weight excluding hydrogens is 265 g/mol. The summed E-state index contributed by atoms with van der Waals surface area (Å²) in [5, 5.41) is 4.03. The topological polar surface area (TPSA) is 30.7 Å². The summed E-state index contributed by atoms with van der Waals surface area (Å²) in [5.41, 5.74) is 2.03. The first-order chi connectivity index (χ1) is 6.81. The lowest BCUT2D eigenvalue weighted by molar-refractivity contribution is 0.877.